The lowest BCUT2D eigenvalue weighted by Crippen LogP contribution is -2.54. The van der Waals surface area contributed by atoms with E-state index in [0.29, 0.717) is 45.6 Å². The Balaban J connectivity index is 1.71. The van der Waals surface area contributed by atoms with Crippen LogP contribution in [-0.4, -0.2) is 24.5 Å². The van der Waals surface area contributed by atoms with Crippen molar-refractivity contribution in [2.24, 2.45) is 0 Å². The number of anilines is 1. The fourth-order valence-electron chi connectivity index (χ4n) is 3.91. The van der Waals surface area contributed by atoms with Gasteiger partial charge in [0.2, 0.25) is 0 Å². The molecule has 0 spiro atoms. The maximum Gasteiger partial charge on any atom is 0.335 e. The van der Waals surface area contributed by atoms with Gasteiger partial charge in [0, 0.05) is 10.6 Å². The van der Waals surface area contributed by atoms with Gasteiger partial charge in [0.25, 0.3) is 11.8 Å². The van der Waals surface area contributed by atoms with Crippen molar-refractivity contribution in [1.29, 1.82) is 0 Å². The van der Waals surface area contributed by atoms with Crippen LogP contribution >= 0.6 is 11.6 Å². The van der Waals surface area contributed by atoms with Crippen molar-refractivity contribution >= 4 is 41.2 Å². The van der Waals surface area contributed by atoms with E-state index in [9.17, 15) is 18.8 Å². The molecule has 4 rings (SSSR count). The van der Waals surface area contributed by atoms with Crippen LogP contribution in [0.5, 0.6) is 11.5 Å². The number of amides is 4. The van der Waals surface area contributed by atoms with Crippen LogP contribution in [0.3, 0.4) is 0 Å². The van der Waals surface area contributed by atoms with E-state index < -0.39 is 23.7 Å². The summed E-state index contributed by atoms with van der Waals surface area (Å²) in [6.45, 7) is 6.23. The van der Waals surface area contributed by atoms with Gasteiger partial charge in [0.15, 0.2) is 11.5 Å². The number of hydrogen-bond acceptors (Lipinski definition) is 5. The van der Waals surface area contributed by atoms with Crippen molar-refractivity contribution in [3.05, 3.63) is 106 Å². The molecule has 38 heavy (non-hydrogen) atoms. The molecular weight excluding hydrogens is 511 g/mol. The number of urea groups is 1. The van der Waals surface area contributed by atoms with Crippen molar-refractivity contribution in [3.63, 3.8) is 0 Å². The van der Waals surface area contributed by atoms with E-state index in [0.717, 1.165) is 11.6 Å². The topological polar surface area (TPSA) is 84.9 Å². The number of ether oxygens (including phenoxy) is 2. The fraction of sp³-hybridized carbons (Fsp3) is 0.138. The van der Waals surface area contributed by atoms with Gasteiger partial charge in [0.1, 0.15) is 18.0 Å². The van der Waals surface area contributed by atoms with E-state index in [2.05, 4.69) is 11.9 Å². The molecule has 1 fully saturated rings. The maximum absolute atomic E-state index is 13.8. The molecule has 1 aliphatic rings. The summed E-state index contributed by atoms with van der Waals surface area (Å²) in [6, 6.07) is 14.7. The van der Waals surface area contributed by atoms with Crippen LogP contribution in [0.15, 0.2) is 78.9 Å². The highest BCUT2D eigenvalue weighted by Crippen LogP contribution is 2.36. The van der Waals surface area contributed by atoms with E-state index in [1.54, 1.807) is 30.3 Å². The molecule has 0 atom stereocenters. The summed E-state index contributed by atoms with van der Waals surface area (Å²) in [4.78, 5) is 39.0. The number of halogens is 2. The molecule has 0 saturated carbocycles. The number of benzene rings is 3. The number of rotatable bonds is 9. The monoisotopic (exact) mass is 534 g/mol. The number of hydrogen-bond donors (Lipinski definition) is 1. The van der Waals surface area contributed by atoms with E-state index in [4.69, 9.17) is 21.1 Å². The van der Waals surface area contributed by atoms with Gasteiger partial charge in [-0.15, -0.1) is 6.58 Å². The Kier molecular flexibility index (Phi) is 8.23. The standard InChI is InChI=1S/C29H24ClFN2O5/c1-3-6-20-13-19(15-25(37-4-2)26(20)38-17-18-9-11-21(30)12-10-18)14-24-27(34)32-29(36)33(28(24)35)23-8-5-7-22(31)16-23/h3,5,7-16H,1,4,6,17H2,2H3,(H,32,34,36)/b24-14+. The highest BCUT2D eigenvalue weighted by atomic mass is 35.5. The first-order chi connectivity index (χ1) is 18.3. The van der Waals surface area contributed by atoms with E-state index in [-0.39, 0.29) is 17.9 Å². The van der Waals surface area contributed by atoms with Gasteiger partial charge in [-0.25, -0.2) is 14.1 Å². The number of imide groups is 2. The molecule has 3 aromatic carbocycles. The van der Waals surface area contributed by atoms with Crippen molar-refractivity contribution in [3.8, 4) is 11.5 Å². The molecule has 4 amide bonds. The molecule has 0 bridgehead atoms. The Hall–Kier alpha value is -4.43. The highest BCUT2D eigenvalue weighted by Gasteiger charge is 2.37. The number of barbiturate groups is 1. The second-order valence-corrected chi connectivity index (χ2v) is 8.72. The zero-order valence-electron chi connectivity index (χ0n) is 20.5. The summed E-state index contributed by atoms with van der Waals surface area (Å²) < 4.78 is 25.7. The van der Waals surface area contributed by atoms with Gasteiger partial charge in [-0.3, -0.25) is 14.9 Å². The first-order valence-electron chi connectivity index (χ1n) is 11.8. The molecule has 9 heteroatoms. The van der Waals surface area contributed by atoms with Gasteiger partial charge in [0.05, 0.1) is 12.3 Å². The fourth-order valence-corrected chi connectivity index (χ4v) is 4.04. The SMILES string of the molecule is C=CCc1cc(/C=C2\C(=O)NC(=O)N(c3cccc(F)c3)C2=O)cc(OCC)c1OCc1ccc(Cl)cc1. The third-order valence-electron chi connectivity index (χ3n) is 5.59. The Labute approximate surface area is 224 Å². The quantitative estimate of drug-likeness (QED) is 0.211. The smallest absolute Gasteiger partial charge is 0.335 e. The van der Waals surface area contributed by atoms with Crippen LogP contribution in [0.4, 0.5) is 14.9 Å². The summed E-state index contributed by atoms with van der Waals surface area (Å²) in [7, 11) is 0. The summed E-state index contributed by atoms with van der Waals surface area (Å²) in [5.41, 5.74) is 1.79. The molecule has 0 aromatic heterocycles. The molecule has 1 aliphatic heterocycles. The third kappa shape index (κ3) is 5.92. The first kappa shape index (κ1) is 26.6. The second kappa shape index (κ2) is 11.7. The van der Waals surface area contributed by atoms with Gasteiger partial charge in [-0.05, 0) is 73.0 Å². The molecule has 1 heterocycles. The van der Waals surface area contributed by atoms with E-state index in [1.807, 2.05) is 19.1 Å². The van der Waals surface area contributed by atoms with Crippen molar-refractivity contribution in [2.75, 3.05) is 11.5 Å². The summed E-state index contributed by atoms with van der Waals surface area (Å²) in [5.74, 6) is -1.46. The Morgan fingerprint density at radius 2 is 1.82 bits per heavy atom. The molecule has 194 valence electrons. The minimum atomic E-state index is -0.962. The summed E-state index contributed by atoms with van der Waals surface area (Å²) in [6.07, 6.45) is 3.47. The van der Waals surface area contributed by atoms with Gasteiger partial charge >= 0.3 is 6.03 Å². The summed E-state index contributed by atoms with van der Waals surface area (Å²) in [5, 5.41) is 2.75. The Morgan fingerprint density at radius 3 is 2.50 bits per heavy atom. The predicted octanol–water partition coefficient (Wildman–Crippen LogP) is 5.85. The lowest BCUT2D eigenvalue weighted by atomic mass is 10.0. The summed E-state index contributed by atoms with van der Waals surface area (Å²) >= 11 is 5.97. The zero-order chi connectivity index (χ0) is 27.2. The van der Waals surface area contributed by atoms with Crippen LogP contribution in [0, 0.1) is 5.82 Å². The lowest BCUT2D eigenvalue weighted by molar-refractivity contribution is -0.122. The number of nitrogens with one attached hydrogen (secondary N) is 1. The lowest BCUT2D eigenvalue weighted by Gasteiger charge is -2.26. The van der Waals surface area contributed by atoms with Crippen molar-refractivity contribution in [2.45, 2.75) is 20.0 Å². The van der Waals surface area contributed by atoms with Gasteiger partial charge in [-0.2, -0.15) is 0 Å². The molecule has 0 unspecified atom stereocenters. The normalized spacial score (nSPS) is 14.4. The Morgan fingerprint density at radius 1 is 1.05 bits per heavy atom. The molecular formula is C29H24ClFN2O5. The molecule has 0 radical (unpaired) electrons. The molecule has 1 N–H and O–H groups in total. The second-order valence-electron chi connectivity index (χ2n) is 8.29. The molecule has 1 saturated heterocycles. The number of nitrogens with zero attached hydrogens (tertiary/aromatic N) is 1. The Bertz CT molecular complexity index is 1440. The third-order valence-corrected chi connectivity index (χ3v) is 5.85. The molecule has 0 aliphatic carbocycles. The average Bonchev–Trinajstić information content (AvgIpc) is 2.87. The molecule has 3 aromatic rings. The average molecular weight is 535 g/mol. The van der Waals surface area contributed by atoms with E-state index in [1.165, 1.54) is 24.3 Å². The van der Waals surface area contributed by atoms with Gasteiger partial charge in [-0.1, -0.05) is 35.9 Å². The maximum atomic E-state index is 13.8. The minimum absolute atomic E-state index is 0.000742. The first-order valence-corrected chi connectivity index (χ1v) is 12.1. The van der Waals surface area contributed by atoms with Crippen LogP contribution in [0.1, 0.15) is 23.6 Å². The number of carbonyl (C=O) groups excluding carboxylic acids is 3. The number of carbonyl (C=O) groups is 3. The largest absolute Gasteiger partial charge is 0.490 e. The molecule has 7 nitrogen and oxygen atoms in total. The predicted molar refractivity (Wildman–Crippen MR) is 143 cm³/mol. The van der Waals surface area contributed by atoms with Crippen LogP contribution < -0.4 is 19.7 Å². The van der Waals surface area contributed by atoms with Crippen LogP contribution in [-0.2, 0) is 22.6 Å². The minimum Gasteiger partial charge on any atom is -0.490 e. The van der Waals surface area contributed by atoms with Crippen LogP contribution in [0.2, 0.25) is 5.02 Å². The highest BCUT2D eigenvalue weighted by molar-refractivity contribution is 6.39. The van der Waals surface area contributed by atoms with Crippen LogP contribution in [0.25, 0.3) is 6.08 Å². The van der Waals surface area contributed by atoms with Gasteiger partial charge < -0.3 is 9.47 Å². The zero-order valence-corrected chi connectivity index (χ0v) is 21.3. The van der Waals surface area contributed by atoms with Crippen molar-refractivity contribution < 1.29 is 28.2 Å². The van der Waals surface area contributed by atoms with E-state index >= 15 is 0 Å². The van der Waals surface area contributed by atoms with Crippen molar-refractivity contribution in [1.82, 2.24) is 5.32 Å². The number of allylic oxidation sites excluding steroid dienone is 1.